The van der Waals surface area contributed by atoms with Crippen LogP contribution in [-0.2, 0) is 11.3 Å². The zero-order valence-electron chi connectivity index (χ0n) is 15.0. The quantitative estimate of drug-likeness (QED) is 0.767. The number of hydrogen-bond acceptors (Lipinski definition) is 5. The smallest absolute Gasteiger partial charge is 0.241 e. The first kappa shape index (κ1) is 18.7. The van der Waals surface area contributed by atoms with Gasteiger partial charge in [-0.2, -0.15) is 4.98 Å². The third-order valence-electron chi connectivity index (χ3n) is 5.27. The largest absolute Gasteiger partial charge is 0.342 e. The molecule has 27 heavy (non-hydrogen) atoms. The van der Waals surface area contributed by atoms with Crippen LogP contribution in [0, 0.1) is 5.92 Å². The van der Waals surface area contributed by atoms with Crippen molar-refractivity contribution in [2.24, 2.45) is 5.92 Å². The predicted octanol–water partition coefficient (Wildman–Crippen LogP) is 3.88. The summed E-state index contributed by atoms with van der Waals surface area (Å²) in [6.45, 7) is 4.04. The summed E-state index contributed by atoms with van der Waals surface area (Å²) >= 11 is 12.2. The van der Waals surface area contributed by atoms with Gasteiger partial charge in [-0.15, -0.1) is 0 Å². The first-order chi connectivity index (χ1) is 13.1. The summed E-state index contributed by atoms with van der Waals surface area (Å²) in [6.07, 6.45) is 4.22. The maximum absolute atomic E-state index is 12.7. The Bertz CT molecular complexity index is 820. The molecule has 6 nitrogen and oxygen atoms in total. The van der Waals surface area contributed by atoms with Gasteiger partial charge in [0.1, 0.15) is 0 Å². The van der Waals surface area contributed by atoms with Crippen LogP contribution in [0.1, 0.15) is 31.6 Å². The van der Waals surface area contributed by atoms with Gasteiger partial charge in [-0.1, -0.05) is 28.4 Å². The van der Waals surface area contributed by atoms with Crippen LogP contribution in [0.2, 0.25) is 10.0 Å². The average Bonchev–Trinajstić information content (AvgIpc) is 3.33. The Morgan fingerprint density at radius 1 is 1.19 bits per heavy atom. The number of halogens is 2. The van der Waals surface area contributed by atoms with Crippen molar-refractivity contribution < 1.29 is 9.32 Å². The molecular formula is C19H22Cl2N4O2. The van der Waals surface area contributed by atoms with E-state index in [9.17, 15) is 4.79 Å². The van der Waals surface area contributed by atoms with Gasteiger partial charge < -0.3 is 9.42 Å². The van der Waals surface area contributed by atoms with Crippen LogP contribution in [0.4, 0.5) is 0 Å². The highest BCUT2D eigenvalue weighted by Crippen LogP contribution is 2.29. The van der Waals surface area contributed by atoms with Crippen LogP contribution in [0.5, 0.6) is 0 Å². The lowest BCUT2D eigenvalue weighted by molar-refractivity contribution is -0.136. The van der Waals surface area contributed by atoms with Crippen LogP contribution in [0.3, 0.4) is 0 Å². The fraction of sp³-hybridized carbons (Fsp3) is 0.526. The fourth-order valence-corrected chi connectivity index (χ4v) is 4.38. The monoisotopic (exact) mass is 408 g/mol. The SMILES string of the molecule is O=C(C1CCCN(Cc2nc(-c3ccc(Cl)cc3Cl)no2)C1)N1CCCC1. The summed E-state index contributed by atoms with van der Waals surface area (Å²) < 4.78 is 5.41. The molecule has 2 aromatic rings. The van der Waals surface area contributed by atoms with Crippen LogP contribution >= 0.6 is 23.2 Å². The molecule has 1 aromatic carbocycles. The number of piperidine rings is 1. The first-order valence-corrected chi connectivity index (χ1v) is 10.1. The molecule has 1 unspecified atom stereocenters. The van der Waals surface area contributed by atoms with Gasteiger partial charge in [0.2, 0.25) is 17.6 Å². The van der Waals surface area contributed by atoms with Crippen LogP contribution in [0.15, 0.2) is 22.7 Å². The van der Waals surface area contributed by atoms with Crippen molar-refractivity contribution in [3.63, 3.8) is 0 Å². The first-order valence-electron chi connectivity index (χ1n) is 9.39. The lowest BCUT2D eigenvalue weighted by Crippen LogP contribution is -2.43. The Hall–Kier alpha value is -1.63. The standard InChI is InChI=1S/C19H22Cl2N4O2/c20-14-5-6-15(16(21)10-14)18-22-17(27-23-18)12-24-7-3-4-13(11-24)19(26)25-8-1-2-9-25/h5-6,10,13H,1-4,7-9,11-12H2. The number of hydrogen-bond donors (Lipinski definition) is 0. The van der Waals surface area contributed by atoms with Gasteiger partial charge in [-0.3, -0.25) is 9.69 Å². The number of amides is 1. The van der Waals surface area contributed by atoms with Gasteiger partial charge in [0.15, 0.2) is 0 Å². The second-order valence-electron chi connectivity index (χ2n) is 7.24. The second-order valence-corrected chi connectivity index (χ2v) is 8.09. The molecule has 1 atom stereocenters. The van der Waals surface area contributed by atoms with E-state index in [-0.39, 0.29) is 5.92 Å². The summed E-state index contributed by atoms with van der Waals surface area (Å²) in [5.74, 6) is 1.36. The molecule has 2 aliphatic heterocycles. The molecule has 0 aliphatic carbocycles. The van der Waals surface area contributed by atoms with E-state index < -0.39 is 0 Å². The lowest BCUT2D eigenvalue weighted by Gasteiger charge is -2.33. The van der Waals surface area contributed by atoms with Gasteiger partial charge in [-0.05, 0) is 50.4 Å². The highest BCUT2D eigenvalue weighted by molar-refractivity contribution is 6.36. The Kier molecular flexibility index (Phi) is 5.66. The van der Waals surface area contributed by atoms with Crippen molar-refractivity contribution in [2.75, 3.05) is 26.2 Å². The van der Waals surface area contributed by atoms with Crippen LogP contribution in [0.25, 0.3) is 11.4 Å². The highest BCUT2D eigenvalue weighted by Gasteiger charge is 2.31. The Balaban J connectivity index is 1.40. The van der Waals surface area contributed by atoms with E-state index in [1.54, 1.807) is 18.2 Å². The van der Waals surface area contributed by atoms with Crippen LogP contribution in [-0.4, -0.2) is 52.0 Å². The number of likely N-dealkylation sites (tertiary alicyclic amines) is 2. The second kappa shape index (κ2) is 8.17. The van der Waals surface area contributed by atoms with Gasteiger partial charge in [0.05, 0.1) is 17.5 Å². The zero-order valence-corrected chi connectivity index (χ0v) is 16.5. The molecule has 1 aromatic heterocycles. The minimum atomic E-state index is 0.0740. The Labute approximate surface area is 168 Å². The molecule has 2 saturated heterocycles. The van der Waals surface area contributed by atoms with Crippen molar-refractivity contribution in [1.82, 2.24) is 19.9 Å². The van der Waals surface area contributed by atoms with E-state index in [1.807, 2.05) is 4.90 Å². The molecule has 0 N–H and O–H groups in total. The number of carbonyl (C=O) groups excluding carboxylic acids is 1. The molecule has 4 rings (SSSR count). The molecule has 3 heterocycles. The molecule has 2 fully saturated rings. The fourth-order valence-electron chi connectivity index (χ4n) is 3.89. The van der Waals surface area contributed by atoms with E-state index >= 15 is 0 Å². The lowest BCUT2D eigenvalue weighted by atomic mass is 9.96. The summed E-state index contributed by atoms with van der Waals surface area (Å²) in [6, 6.07) is 5.19. The third-order valence-corrected chi connectivity index (χ3v) is 5.82. The van der Waals surface area contributed by atoms with E-state index in [4.69, 9.17) is 27.7 Å². The summed E-state index contributed by atoms with van der Waals surface area (Å²) in [5, 5.41) is 5.10. The van der Waals surface area contributed by atoms with Crippen molar-refractivity contribution in [1.29, 1.82) is 0 Å². The number of nitrogens with zero attached hydrogens (tertiary/aromatic N) is 4. The molecule has 0 bridgehead atoms. The van der Waals surface area contributed by atoms with Gasteiger partial charge in [-0.25, -0.2) is 0 Å². The number of aromatic nitrogens is 2. The van der Waals surface area contributed by atoms with Gasteiger partial charge in [0, 0.05) is 30.2 Å². The van der Waals surface area contributed by atoms with Crippen LogP contribution < -0.4 is 0 Å². The summed E-state index contributed by atoms with van der Waals surface area (Å²) in [4.78, 5) is 21.4. The number of rotatable bonds is 4. The average molecular weight is 409 g/mol. The van der Waals surface area contributed by atoms with Gasteiger partial charge in [0.25, 0.3) is 0 Å². The molecule has 144 valence electrons. The normalized spacial score (nSPS) is 21.0. The Morgan fingerprint density at radius 2 is 2.00 bits per heavy atom. The van der Waals surface area contributed by atoms with Crippen molar-refractivity contribution in [3.8, 4) is 11.4 Å². The maximum Gasteiger partial charge on any atom is 0.241 e. The third kappa shape index (κ3) is 4.28. The summed E-state index contributed by atoms with van der Waals surface area (Å²) in [7, 11) is 0. The van der Waals surface area contributed by atoms with Crippen molar-refractivity contribution in [3.05, 3.63) is 34.1 Å². The van der Waals surface area contributed by atoms with E-state index in [1.165, 1.54) is 0 Å². The van der Waals surface area contributed by atoms with Crippen molar-refractivity contribution in [2.45, 2.75) is 32.2 Å². The minimum Gasteiger partial charge on any atom is -0.342 e. The number of carbonyl (C=O) groups is 1. The minimum absolute atomic E-state index is 0.0740. The topological polar surface area (TPSA) is 62.5 Å². The molecule has 1 amide bonds. The molecule has 0 spiro atoms. The zero-order chi connectivity index (χ0) is 18.8. The molecule has 2 aliphatic rings. The summed E-state index contributed by atoms with van der Waals surface area (Å²) in [5.41, 5.74) is 0.691. The highest BCUT2D eigenvalue weighted by atomic mass is 35.5. The molecule has 8 heteroatoms. The predicted molar refractivity (Wildman–Crippen MR) is 104 cm³/mol. The van der Waals surface area contributed by atoms with E-state index in [0.29, 0.717) is 39.8 Å². The molecule has 0 radical (unpaired) electrons. The van der Waals surface area contributed by atoms with E-state index in [2.05, 4.69) is 15.0 Å². The van der Waals surface area contributed by atoms with Gasteiger partial charge >= 0.3 is 0 Å². The van der Waals surface area contributed by atoms with E-state index in [0.717, 1.165) is 51.9 Å². The number of benzene rings is 1. The Morgan fingerprint density at radius 3 is 2.78 bits per heavy atom. The molecule has 0 saturated carbocycles. The molecular weight excluding hydrogens is 387 g/mol. The maximum atomic E-state index is 12.7. The van der Waals surface area contributed by atoms with Crippen molar-refractivity contribution >= 4 is 29.1 Å².